The molecule has 0 aliphatic carbocycles. The molecule has 0 aliphatic heterocycles. The van der Waals surface area contributed by atoms with E-state index in [4.69, 9.17) is 5.26 Å². The average Bonchev–Trinajstić information content (AvgIpc) is 2.75. The summed E-state index contributed by atoms with van der Waals surface area (Å²) >= 11 is 3.35. The van der Waals surface area contributed by atoms with Crippen LogP contribution in [0.2, 0.25) is 0 Å². The van der Waals surface area contributed by atoms with Gasteiger partial charge in [-0.15, -0.1) is 0 Å². The van der Waals surface area contributed by atoms with Crippen LogP contribution in [0.15, 0.2) is 76.1 Å². The van der Waals surface area contributed by atoms with Gasteiger partial charge in [0.2, 0.25) is 0 Å². The highest BCUT2D eigenvalue weighted by molar-refractivity contribution is 9.10. The fourth-order valence-electron chi connectivity index (χ4n) is 3.02. The quantitative estimate of drug-likeness (QED) is 0.534. The summed E-state index contributed by atoms with van der Waals surface area (Å²) in [6.45, 7) is 2.16. The Kier molecular flexibility index (Phi) is 6.78. The van der Waals surface area contributed by atoms with Crippen LogP contribution in [0.25, 0.3) is 0 Å². The third-order valence-corrected chi connectivity index (χ3v) is 6.63. The lowest BCUT2D eigenvalue weighted by Crippen LogP contribution is -2.26. The molecule has 6 nitrogen and oxygen atoms in total. The van der Waals surface area contributed by atoms with E-state index in [1.54, 1.807) is 43.4 Å². The molecule has 0 radical (unpaired) electrons. The van der Waals surface area contributed by atoms with Gasteiger partial charge in [-0.25, -0.2) is 8.42 Å². The Morgan fingerprint density at radius 2 is 1.84 bits per heavy atom. The number of halogens is 1. The molecule has 0 aliphatic rings. The SMILES string of the molecule is Cc1ccc(Br)c(NS(=O)(=O)c2cccc(C(=O)N(C)Cc3cccc(C#N)c3)c2)c1. The molecule has 0 heterocycles. The summed E-state index contributed by atoms with van der Waals surface area (Å²) in [6.07, 6.45) is 0. The molecule has 0 spiro atoms. The summed E-state index contributed by atoms with van der Waals surface area (Å²) in [5.74, 6) is -0.323. The van der Waals surface area contributed by atoms with Gasteiger partial charge < -0.3 is 4.90 Å². The van der Waals surface area contributed by atoms with Crippen LogP contribution in [-0.2, 0) is 16.6 Å². The number of amides is 1. The van der Waals surface area contributed by atoms with Crippen LogP contribution in [0.1, 0.15) is 27.0 Å². The fraction of sp³-hybridized carbons (Fsp3) is 0.130. The Hall–Kier alpha value is -3.15. The Bertz CT molecular complexity index is 1280. The van der Waals surface area contributed by atoms with Crippen molar-refractivity contribution in [2.45, 2.75) is 18.4 Å². The highest BCUT2D eigenvalue weighted by atomic mass is 79.9. The molecule has 158 valence electrons. The van der Waals surface area contributed by atoms with Gasteiger partial charge in [0.25, 0.3) is 15.9 Å². The van der Waals surface area contributed by atoms with E-state index in [-0.39, 0.29) is 16.4 Å². The molecule has 3 aromatic carbocycles. The molecule has 1 amide bonds. The monoisotopic (exact) mass is 497 g/mol. The van der Waals surface area contributed by atoms with Crippen molar-refractivity contribution in [1.82, 2.24) is 4.90 Å². The number of rotatable bonds is 6. The van der Waals surface area contributed by atoms with Gasteiger partial charge >= 0.3 is 0 Å². The Balaban J connectivity index is 1.82. The molecule has 31 heavy (non-hydrogen) atoms. The summed E-state index contributed by atoms with van der Waals surface area (Å²) in [5, 5.41) is 9.03. The molecule has 8 heteroatoms. The van der Waals surface area contributed by atoms with E-state index in [2.05, 4.69) is 26.7 Å². The van der Waals surface area contributed by atoms with Gasteiger partial charge in [-0.05, 0) is 76.4 Å². The minimum absolute atomic E-state index is 0.00775. The minimum atomic E-state index is -3.89. The molecular formula is C23H20BrN3O3S. The summed E-state index contributed by atoms with van der Waals surface area (Å²) in [4.78, 5) is 14.3. The summed E-state index contributed by atoms with van der Waals surface area (Å²) in [5.41, 5.74) is 2.91. The van der Waals surface area contributed by atoms with Crippen LogP contribution >= 0.6 is 15.9 Å². The topological polar surface area (TPSA) is 90.3 Å². The maximum Gasteiger partial charge on any atom is 0.261 e. The lowest BCUT2D eigenvalue weighted by molar-refractivity contribution is 0.0785. The van der Waals surface area contributed by atoms with Crippen molar-refractivity contribution in [3.8, 4) is 6.07 Å². The van der Waals surface area contributed by atoms with Gasteiger partial charge in [-0.1, -0.05) is 24.3 Å². The predicted octanol–water partition coefficient (Wildman–Crippen LogP) is 4.70. The zero-order valence-corrected chi connectivity index (χ0v) is 19.4. The summed E-state index contributed by atoms with van der Waals surface area (Å²) in [7, 11) is -2.26. The highest BCUT2D eigenvalue weighted by Crippen LogP contribution is 2.26. The Morgan fingerprint density at radius 1 is 1.10 bits per heavy atom. The molecule has 0 atom stereocenters. The number of benzene rings is 3. The van der Waals surface area contributed by atoms with Crippen LogP contribution in [0.4, 0.5) is 5.69 Å². The second-order valence-electron chi connectivity index (χ2n) is 7.09. The number of hydrogen-bond donors (Lipinski definition) is 1. The number of hydrogen-bond acceptors (Lipinski definition) is 4. The second kappa shape index (κ2) is 9.33. The van der Waals surface area contributed by atoms with Crippen LogP contribution in [0.3, 0.4) is 0 Å². The first-order valence-corrected chi connectivity index (χ1v) is 11.6. The first-order valence-electron chi connectivity index (χ1n) is 9.33. The van der Waals surface area contributed by atoms with Crippen LogP contribution in [0, 0.1) is 18.3 Å². The first kappa shape index (κ1) is 22.5. The van der Waals surface area contributed by atoms with Crippen molar-refractivity contribution in [3.05, 3.63) is 93.5 Å². The van der Waals surface area contributed by atoms with Crippen molar-refractivity contribution in [3.63, 3.8) is 0 Å². The molecule has 0 fully saturated rings. The molecular weight excluding hydrogens is 478 g/mol. The van der Waals surface area contributed by atoms with Crippen molar-refractivity contribution in [2.75, 3.05) is 11.8 Å². The van der Waals surface area contributed by atoms with Gasteiger partial charge in [-0.2, -0.15) is 5.26 Å². The third-order valence-electron chi connectivity index (χ3n) is 4.58. The normalized spacial score (nSPS) is 10.9. The Morgan fingerprint density at radius 3 is 2.58 bits per heavy atom. The number of nitrogens with zero attached hydrogens (tertiary/aromatic N) is 2. The molecule has 0 saturated carbocycles. The average molecular weight is 498 g/mol. The maximum atomic E-state index is 12.9. The summed E-state index contributed by atoms with van der Waals surface area (Å²) < 4.78 is 28.9. The second-order valence-corrected chi connectivity index (χ2v) is 9.63. The van der Waals surface area contributed by atoms with Crippen molar-refractivity contribution in [1.29, 1.82) is 5.26 Å². The molecule has 1 N–H and O–H groups in total. The van der Waals surface area contributed by atoms with Gasteiger partial charge in [0.15, 0.2) is 0 Å². The lowest BCUT2D eigenvalue weighted by Gasteiger charge is -2.18. The molecule has 0 saturated heterocycles. The standard InChI is InChI=1S/C23H20BrN3O3S/c1-16-9-10-21(24)22(11-16)26-31(29,30)20-8-4-7-19(13-20)23(28)27(2)15-18-6-3-5-17(12-18)14-25/h3-13,26H,15H2,1-2H3. The number of carbonyl (C=O) groups excluding carboxylic acids is 1. The fourth-order valence-corrected chi connectivity index (χ4v) is 4.62. The predicted molar refractivity (Wildman–Crippen MR) is 123 cm³/mol. The lowest BCUT2D eigenvalue weighted by atomic mass is 10.1. The van der Waals surface area contributed by atoms with Gasteiger partial charge in [0.1, 0.15) is 0 Å². The first-order chi connectivity index (χ1) is 14.7. The summed E-state index contributed by atoms with van der Waals surface area (Å²) in [6, 6.07) is 20.3. The smallest absolute Gasteiger partial charge is 0.261 e. The van der Waals surface area contributed by atoms with E-state index in [0.717, 1.165) is 11.1 Å². The van der Waals surface area contributed by atoms with Crippen molar-refractivity contribution >= 4 is 37.5 Å². The van der Waals surface area contributed by atoms with Crippen LogP contribution in [0.5, 0.6) is 0 Å². The largest absolute Gasteiger partial charge is 0.337 e. The van der Waals surface area contributed by atoms with E-state index < -0.39 is 10.0 Å². The van der Waals surface area contributed by atoms with E-state index in [9.17, 15) is 13.2 Å². The number of nitrogens with one attached hydrogen (secondary N) is 1. The van der Waals surface area contributed by atoms with E-state index >= 15 is 0 Å². The zero-order valence-electron chi connectivity index (χ0n) is 17.0. The number of sulfonamides is 1. The highest BCUT2D eigenvalue weighted by Gasteiger charge is 2.19. The van der Waals surface area contributed by atoms with Crippen molar-refractivity contribution < 1.29 is 13.2 Å². The molecule has 0 bridgehead atoms. The zero-order chi connectivity index (χ0) is 22.6. The van der Waals surface area contributed by atoms with E-state index in [0.29, 0.717) is 22.3 Å². The van der Waals surface area contributed by atoms with Gasteiger partial charge in [0, 0.05) is 23.6 Å². The number of carbonyl (C=O) groups is 1. The minimum Gasteiger partial charge on any atom is -0.337 e. The molecule has 0 unspecified atom stereocenters. The molecule has 0 aromatic heterocycles. The van der Waals surface area contributed by atoms with Crippen molar-refractivity contribution in [2.24, 2.45) is 0 Å². The van der Waals surface area contributed by atoms with Crippen LogP contribution in [-0.4, -0.2) is 26.3 Å². The van der Waals surface area contributed by atoms with E-state index in [1.165, 1.54) is 23.1 Å². The Labute approximate surface area is 190 Å². The van der Waals surface area contributed by atoms with Crippen LogP contribution < -0.4 is 4.72 Å². The van der Waals surface area contributed by atoms with E-state index in [1.807, 2.05) is 19.1 Å². The van der Waals surface area contributed by atoms with Gasteiger partial charge in [-0.3, -0.25) is 9.52 Å². The van der Waals surface area contributed by atoms with Gasteiger partial charge in [0.05, 0.1) is 22.2 Å². The number of aryl methyl sites for hydroxylation is 1. The number of nitriles is 1. The molecule has 3 rings (SSSR count). The maximum absolute atomic E-state index is 12.9. The third kappa shape index (κ3) is 5.51. The molecule has 3 aromatic rings. The number of anilines is 1.